The number of hydrogen-bond donors (Lipinski definition) is 0. The molecule has 0 aliphatic carbocycles. The van der Waals surface area contributed by atoms with Gasteiger partial charge in [0.05, 0.1) is 4.47 Å². The average molecular weight is 485 g/mol. The molecule has 0 radical (unpaired) electrons. The molecule has 2 aromatic heterocycles. The van der Waals surface area contributed by atoms with Crippen molar-refractivity contribution in [2.24, 2.45) is 0 Å². The fraction of sp³-hybridized carbons (Fsp3) is 0.235. The minimum Gasteiger partial charge on any atom is -0.333 e. The lowest BCUT2D eigenvalue weighted by Crippen LogP contribution is -2.51. The zero-order valence-electron chi connectivity index (χ0n) is 14.5. The molecule has 3 aromatic rings. The summed E-state index contributed by atoms with van der Waals surface area (Å²) in [7, 11) is -3.72. The highest BCUT2D eigenvalue weighted by molar-refractivity contribution is 9.10. The van der Waals surface area contributed by atoms with Gasteiger partial charge in [0.25, 0.3) is 5.91 Å². The Balaban J connectivity index is 1.48. The maximum absolute atomic E-state index is 12.9. The van der Waals surface area contributed by atoms with Gasteiger partial charge in [-0.15, -0.1) is 0 Å². The second-order valence-electron chi connectivity index (χ2n) is 6.29. The molecule has 1 fully saturated rings. The van der Waals surface area contributed by atoms with Gasteiger partial charge in [0.1, 0.15) is 0 Å². The van der Waals surface area contributed by atoms with Gasteiger partial charge in [-0.05, 0) is 28.1 Å². The van der Waals surface area contributed by atoms with Crippen LogP contribution < -0.4 is 0 Å². The second-order valence-corrected chi connectivity index (χ2v) is 9.47. The first-order valence-corrected chi connectivity index (χ1v) is 11.0. The molecule has 1 amide bonds. The van der Waals surface area contributed by atoms with E-state index >= 15 is 0 Å². The molecule has 1 saturated heterocycles. The number of hydrogen-bond acceptors (Lipinski definition) is 5. The largest absolute Gasteiger partial charge is 0.333 e. The lowest BCUT2D eigenvalue weighted by Gasteiger charge is -2.33. The average Bonchev–Trinajstić information content (AvgIpc) is 3.12. The van der Waals surface area contributed by atoms with E-state index < -0.39 is 10.2 Å². The van der Waals surface area contributed by atoms with Crippen LogP contribution in [0.25, 0.3) is 10.8 Å². The Morgan fingerprint density at radius 1 is 1.04 bits per heavy atom. The number of aromatic nitrogens is 3. The highest BCUT2D eigenvalue weighted by Crippen LogP contribution is 2.22. The quantitative estimate of drug-likeness (QED) is 0.570. The predicted molar refractivity (Wildman–Crippen MR) is 108 cm³/mol. The molecule has 0 bridgehead atoms. The standard InChI is InChI=1S/C17H15BrClN5O3S/c18-14-8-20-16(21-9-14)17(25)22-3-5-23(6-4-22)28(26,27)24-10-12-1-2-15(19)7-13(12)11-24/h1-2,7-11H,3-6H2. The molecule has 0 N–H and O–H groups in total. The van der Waals surface area contributed by atoms with Gasteiger partial charge in [-0.2, -0.15) is 12.7 Å². The van der Waals surface area contributed by atoms with Crippen LogP contribution in [0.4, 0.5) is 0 Å². The second kappa shape index (κ2) is 7.43. The minimum absolute atomic E-state index is 0.0908. The van der Waals surface area contributed by atoms with E-state index in [1.54, 1.807) is 35.5 Å². The van der Waals surface area contributed by atoms with E-state index in [-0.39, 0.29) is 37.9 Å². The van der Waals surface area contributed by atoms with Crippen molar-refractivity contribution in [2.45, 2.75) is 0 Å². The summed E-state index contributed by atoms with van der Waals surface area (Å²) < 4.78 is 29.1. The van der Waals surface area contributed by atoms with Gasteiger partial charge in [0.2, 0.25) is 5.82 Å². The Hall–Kier alpha value is -2.01. The van der Waals surface area contributed by atoms with Gasteiger partial charge in [0.15, 0.2) is 0 Å². The van der Waals surface area contributed by atoms with Gasteiger partial charge in [-0.25, -0.2) is 13.9 Å². The Morgan fingerprint density at radius 2 is 1.68 bits per heavy atom. The van der Waals surface area contributed by atoms with Crippen molar-refractivity contribution in [1.82, 2.24) is 23.1 Å². The van der Waals surface area contributed by atoms with Crippen LogP contribution in [0.5, 0.6) is 0 Å². The lowest BCUT2D eigenvalue weighted by molar-refractivity contribution is 0.0685. The van der Waals surface area contributed by atoms with Crippen LogP contribution >= 0.6 is 27.5 Å². The Morgan fingerprint density at radius 3 is 2.36 bits per heavy atom. The van der Waals surface area contributed by atoms with E-state index in [0.717, 1.165) is 10.8 Å². The van der Waals surface area contributed by atoms with Gasteiger partial charge in [-0.1, -0.05) is 17.7 Å². The molecule has 0 saturated carbocycles. The summed E-state index contributed by atoms with van der Waals surface area (Å²) in [6.45, 7) is 0.925. The number of rotatable bonds is 3. The third-order valence-electron chi connectivity index (χ3n) is 4.51. The van der Waals surface area contributed by atoms with E-state index in [1.807, 2.05) is 0 Å². The third-order valence-corrected chi connectivity index (χ3v) is 6.92. The fourth-order valence-corrected chi connectivity index (χ4v) is 4.81. The van der Waals surface area contributed by atoms with Crippen molar-refractivity contribution in [2.75, 3.05) is 26.2 Å². The molecule has 146 valence electrons. The molecule has 1 aliphatic heterocycles. The minimum atomic E-state index is -3.72. The van der Waals surface area contributed by atoms with Crippen LogP contribution in [0.2, 0.25) is 5.02 Å². The van der Waals surface area contributed by atoms with Crippen LogP contribution in [0.15, 0.2) is 47.5 Å². The highest BCUT2D eigenvalue weighted by atomic mass is 79.9. The molecule has 28 heavy (non-hydrogen) atoms. The van der Waals surface area contributed by atoms with E-state index in [4.69, 9.17) is 11.6 Å². The summed E-state index contributed by atoms with van der Waals surface area (Å²) in [6.07, 6.45) is 6.12. The normalized spacial score (nSPS) is 15.9. The summed E-state index contributed by atoms with van der Waals surface area (Å²) in [5.41, 5.74) is 0. The van der Waals surface area contributed by atoms with Crippen LogP contribution in [0, 0.1) is 0 Å². The van der Waals surface area contributed by atoms with Gasteiger partial charge in [-0.3, -0.25) is 4.79 Å². The van der Waals surface area contributed by atoms with Crippen LogP contribution in [-0.4, -0.2) is 63.6 Å². The fourth-order valence-electron chi connectivity index (χ4n) is 3.04. The molecule has 8 nitrogen and oxygen atoms in total. The van der Waals surface area contributed by atoms with Crippen molar-refractivity contribution >= 4 is 54.4 Å². The summed E-state index contributed by atoms with van der Waals surface area (Å²) >= 11 is 9.20. The number of nitrogens with zero attached hydrogens (tertiary/aromatic N) is 5. The summed E-state index contributed by atoms with van der Waals surface area (Å²) in [5, 5.41) is 2.08. The van der Waals surface area contributed by atoms with E-state index in [0.29, 0.717) is 9.50 Å². The van der Waals surface area contributed by atoms with Crippen molar-refractivity contribution in [3.63, 3.8) is 0 Å². The number of carbonyl (C=O) groups excluding carboxylic acids is 1. The van der Waals surface area contributed by atoms with Crippen LogP contribution in [-0.2, 0) is 10.2 Å². The van der Waals surface area contributed by atoms with E-state index in [9.17, 15) is 13.2 Å². The van der Waals surface area contributed by atoms with Gasteiger partial charge >= 0.3 is 10.2 Å². The summed E-state index contributed by atoms with van der Waals surface area (Å²) in [5.74, 6) is -0.223. The molecule has 1 aromatic carbocycles. The number of amides is 1. The first kappa shape index (κ1) is 19.3. The molecule has 11 heteroatoms. The maximum Gasteiger partial charge on any atom is 0.307 e. The van der Waals surface area contributed by atoms with Gasteiger partial charge in [0, 0.05) is 66.8 Å². The molecular formula is C17H15BrClN5O3S. The topological polar surface area (TPSA) is 88.4 Å². The smallest absolute Gasteiger partial charge is 0.307 e. The molecule has 0 atom stereocenters. The number of carbonyl (C=O) groups is 1. The number of fused-ring (bicyclic) bond motifs is 1. The number of benzene rings is 1. The van der Waals surface area contributed by atoms with Crippen LogP contribution in [0.1, 0.15) is 10.6 Å². The first-order valence-electron chi connectivity index (χ1n) is 8.39. The molecular weight excluding hydrogens is 470 g/mol. The summed E-state index contributed by atoms with van der Waals surface area (Å²) in [6, 6.07) is 5.21. The highest BCUT2D eigenvalue weighted by Gasteiger charge is 2.31. The number of halogens is 2. The third kappa shape index (κ3) is 3.64. The molecule has 3 heterocycles. The maximum atomic E-state index is 12.9. The number of piperazine rings is 1. The van der Waals surface area contributed by atoms with Crippen molar-refractivity contribution < 1.29 is 13.2 Å². The van der Waals surface area contributed by atoms with E-state index in [2.05, 4.69) is 25.9 Å². The zero-order chi connectivity index (χ0) is 19.9. The Labute approximate surface area is 175 Å². The lowest BCUT2D eigenvalue weighted by atomic mass is 10.2. The van der Waals surface area contributed by atoms with Crippen molar-refractivity contribution in [3.8, 4) is 0 Å². The monoisotopic (exact) mass is 483 g/mol. The SMILES string of the molecule is O=C(c1ncc(Br)cn1)N1CCN(S(=O)(=O)n2cc3ccc(Cl)cc3c2)CC1. The molecule has 0 unspecified atom stereocenters. The van der Waals surface area contributed by atoms with Crippen molar-refractivity contribution in [1.29, 1.82) is 0 Å². The zero-order valence-corrected chi connectivity index (χ0v) is 17.7. The first-order chi connectivity index (χ1) is 13.3. The Kier molecular flexibility index (Phi) is 5.13. The van der Waals surface area contributed by atoms with Crippen LogP contribution in [0.3, 0.4) is 0 Å². The van der Waals surface area contributed by atoms with Gasteiger partial charge < -0.3 is 4.90 Å². The Bertz CT molecular complexity index is 1140. The van der Waals surface area contributed by atoms with Crippen molar-refractivity contribution in [3.05, 3.63) is 58.3 Å². The molecule has 1 aliphatic rings. The molecule has 0 spiro atoms. The predicted octanol–water partition coefficient (Wildman–Crippen LogP) is 2.40. The summed E-state index contributed by atoms with van der Waals surface area (Å²) in [4.78, 5) is 22.1. The van der Waals surface area contributed by atoms with E-state index in [1.165, 1.54) is 20.7 Å². The molecule has 4 rings (SSSR count).